The number of nitro groups is 1. The van der Waals surface area contributed by atoms with Gasteiger partial charge >= 0.3 is 0 Å². The van der Waals surface area contributed by atoms with E-state index >= 15 is 0 Å². The standard InChI is InChI=1S/C9H8ClNO3/c1-6(5-12)7-2-3-8(10)9(4-7)11(13)14/h2-6H,1H3. The molecule has 0 radical (unpaired) electrons. The zero-order valence-electron chi connectivity index (χ0n) is 7.44. The first-order valence-corrected chi connectivity index (χ1v) is 4.33. The summed E-state index contributed by atoms with van der Waals surface area (Å²) in [5.41, 5.74) is 0.425. The average Bonchev–Trinajstić information content (AvgIpc) is 2.17. The van der Waals surface area contributed by atoms with E-state index in [0.717, 1.165) is 6.29 Å². The number of nitro benzene ring substituents is 1. The Hall–Kier alpha value is -1.42. The molecule has 0 aliphatic rings. The number of halogens is 1. The van der Waals surface area contributed by atoms with Gasteiger partial charge in [0.1, 0.15) is 11.3 Å². The largest absolute Gasteiger partial charge is 0.303 e. The Balaban J connectivity index is 3.19. The van der Waals surface area contributed by atoms with Gasteiger partial charge in [0, 0.05) is 12.0 Å². The molecule has 14 heavy (non-hydrogen) atoms. The number of carbonyl (C=O) groups is 1. The lowest BCUT2D eigenvalue weighted by Crippen LogP contribution is -1.96. The Kier molecular flexibility index (Phi) is 3.19. The summed E-state index contributed by atoms with van der Waals surface area (Å²) < 4.78 is 0. The van der Waals surface area contributed by atoms with Gasteiger partial charge in [-0.15, -0.1) is 0 Å². The number of hydrogen-bond acceptors (Lipinski definition) is 3. The van der Waals surface area contributed by atoms with Gasteiger partial charge in [0.25, 0.3) is 5.69 Å². The number of hydrogen-bond donors (Lipinski definition) is 0. The third kappa shape index (κ3) is 2.09. The van der Waals surface area contributed by atoms with E-state index in [0.29, 0.717) is 5.56 Å². The highest BCUT2D eigenvalue weighted by Crippen LogP contribution is 2.27. The van der Waals surface area contributed by atoms with Crippen LogP contribution in [0.1, 0.15) is 18.4 Å². The van der Waals surface area contributed by atoms with Crippen LogP contribution in [0, 0.1) is 10.1 Å². The van der Waals surface area contributed by atoms with Gasteiger partial charge in [-0.3, -0.25) is 10.1 Å². The summed E-state index contributed by atoms with van der Waals surface area (Å²) in [4.78, 5) is 20.4. The number of carbonyl (C=O) groups excluding carboxylic acids is 1. The van der Waals surface area contributed by atoms with Crippen LogP contribution < -0.4 is 0 Å². The van der Waals surface area contributed by atoms with Gasteiger partial charge < -0.3 is 4.79 Å². The molecule has 1 aromatic carbocycles. The average molecular weight is 214 g/mol. The topological polar surface area (TPSA) is 60.2 Å². The Morgan fingerprint density at radius 3 is 2.71 bits per heavy atom. The number of aldehydes is 1. The molecule has 0 aromatic heterocycles. The van der Waals surface area contributed by atoms with Crippen LogP contribution in [0.25, 0.3) is 0 Å². The molecule has 4 nitrogen and oxygen atoms in total. The summed E-state index contributed by atoms with van der Waals surface area (Å²) in [5.74, 6) is -0.356. The van der Waals surface area contributed by atoms with Gasteiger partial charge in [0.15, 0.2) is 0 Å². The summed E-state index contributed by atoms with van der Waals surface area (Å²) in [6.45, 7) is 1.67. The van der Waals surface area contributed by atoms with Gasteiger partial charge in [0.2, 0.25) is 0 Å². The molecule has 0 aliphatic heterocycles. The van der Waals surface area contributed by atoms with E-state index in [1.807, 2.05) is 0 Å². The lowest BCUT2D eigenvalue weighted by Gasteiger charge is -2.03. The van der Waals surface area contributed by atoms with Crippen LogP contribution in [0.5, 0.6) is 0 Å². The maximum absolute atomic E-state index is 10.5. The Bertz CT molecular complexity index is 378. The minimum Gasteiger partial charge on any atom is -0.303 e. The predicted molar refractivity (Wildman–Crippen MR) is 52.6 cm³/mol. The van der Waals surface area contributed by atoms with Crippen LogP contribution in [-0.2, 0) is 4.79 Å². The van der Waals surface area contributed by atoms with Crippen LogP contribution in [0.3, 0.4) is 0 Å². The molecule has 0 saturated carbocycles. The second-order valence-corrected chi connectivity index (χ2v) is 3.30. The van der Waals surface area contributed by atoms with Crippen molar-refractivity contribution in [1.82, 2.24) is 0 Å². The fourth-order valence-corrected chi connectivity index (χ4v) is 1.22. The first-order valence-electron chi connectivity index (χ1n) is 3.95. The molecule has 1 atom stereocenters. The monoisotopic (exact) mass is 213 g/mol. The molecule has 0 N–H and O–H groups in total. The highest BCUT2D eigenvalue weighted by atomic mass is 35.5. The summed E-state index contributed by atoms with van der Waals surface area (Å²) in [6, 6.07) is 4.35. The van der Waals surface area contributed by atoms with Crippen LogP contribution in [0.15, 0.2) is 18.2 Å². The van der Waals surface area contributed by atoms with Crippen LogP contribution >= 0.6 is 11.6 Å². The van der Waals surface area contributed by atoms with Gasteiger partial charge in [-0.05, 0) is 11.6 Å². The molecule has 0 bridgehead atoms. The zero-order chi connectivity index (χ0) is 10.7. The van der Waals surface area contributed by atoms with Gasteiger partial charge in [-0.2, -0.15) is 0 Å². The SMILES string of the molecule is CC(C=O)c1ccc(Cl)c([N+](=O)[O-])c1. The van der Waals surface area contributed by atoms with Crippen molar-refractivity contribution in [3.05, 3.63) is 38.9 Å². The fraction of sp³-hybridized carbons (Fsp3) is 0.222. The lowest BCUT2D eigenvalue weighted by atomic mass is 10.0. The van der Waals surface area contributed by atoms with E-state index in [1.54, 1.807) is 13.0 Å². The van der Waals surface area contributed by atoms with Gasteiger partial charge in [0.05, 0.1) is 4.92 Å². The Labute approximate surface area is 85.6 Å². The van der Waals surface area contributed by atoms with Crippen molar-refractivity contribution in [2.45, 2.75) is 12.8 Å². The van der Waals surface area contributed by atoms with Crippen molar-refractivity contribution >= 4 is 23.6 Å². The summed E-state index contributed by atoms with van der Waals surface area (Å²) in [5, 5.41) is 10.6. The van der Waals surface area contributed by atoms with E-state index < -0.39 is 4.92 Å². The molecule has 0 fully saturated rings. The lowest BCUT2D eigenvalue weighted by molar-refractivity contribution is -0.384. The van der Waals surface area contributed by atoms with E-state index in [-0.39, 0.29) is 16.6 Å². The normalized spacial score (nSPS) is 12.1. The van der Waals surface area contributed by atoms with Crippen molar-refractivity contribution in [1.29, 1.82) is 0 Å². The second-order valence-electron chi connectivity index (χ2n) is 2.89. The van der Waals surface area contributed by atoms with Crippen LogP contribution in [0.4, 0.5) is 5.69 Å². The fourth-order valence-electron chi connectivity index (χ4n) is 1.03. The third-order valence-corrected chi connectivity index (χ3v) is 2.22. The maximum atomic E-state index is 10.5. The first-order chi connectivity index (χ1) is 6.56. The quantitative estimate of drug-likeness (QED) is 0.440. The van der Waals surface area contributed by atoms with Crippen LogP contribution in [-0.4, -0.2) is 11.2 Å². The number of nitrogens with zero attached hydrogens (tertiary/aromatic N) is 1. The van der Waals surface area contributed by atoms with Crippen molar-refractivity contribution < 1.29 is 9.72 Å². The molecule has 1 rings (SSSR count). The minimum atomic E-state index is -0.566. The Morgan fingerprint density at radius 1 is 1.57 bits per heavy atom. The van der Waals surface area contributed by atoms with Crippen molar-refractivity contribution in [3.8, 4) is 0 Å². The Morgan fingerprint density at radius 2 is 2.21 bits per heavy atom. The van der Waals surface area contributed by atoms with Crippen molar-refractivity contribution in [3.63, 3.8) is 0 Å². The minimum absolute atomic E-state index is 0.0804. The van der Waals surface area contributed by atoms with E-state index in [4.69, 9.17) is 11.6 Å². The molecule has 1 unspecified atom stereocenters. The highest BCUT2D eigenvalue weighted by Gasteiger charge is 2.14. The van der Waals surface area contributed by atoms with Crippen LogP contribution in [0.2, 0.25) is 5.02 Å². The molecule has 1 aromatic rings. The van der Waals surface area contributed by atoms with Crippen molar-refractivity contribution in [2.75, 3.05) is 0 Å². The number of benzene rings is 1. The highest BCUT2D eigenvalue weighted by molar-refractivity contribution is 6.32. The van der Waals surface area contributed by atoms with E-state index in [2.05, 4.69) is 0 Å². The molecule has 0 aliphatic carbocycles. The molecule has 0 spiro atoms. The third-order valence-electron chi connectivity index (χ3n) is 1.90. The maximum Gasteiger partial charge on any atom is 0.288 e. The summed E-state index contributed by atoms with van der Waals surface area (Å²) in [7, 11) is 0. The molecule has 5 heteroatoms. The van der Waals surface area contributed by atoms with E-state index in [1.165, 1.54) is 12.1 Å². The summed E-state index contributed by atoms with van der Waals surface area (Å²) in [6.07, 6.45) is 0.729. The van der Waals surface area contributed by atoms with E-state index in [9.17, 15) is 14.9 Å². The number of rotatable bonds is 3. The second kappa shape index (κ2) is 4.19. The van der Waals surface area contributed by atoms with Crippen molar-refractivity contribution in [2.24, 2.45) is 0 Å². The molecular weight excluding hydrogens is 206 g/mol. The molecule has 0 saturated heterocycles. The molecule has 0 heterocycles. The van der Waals surface area contributed by atoms with Gasteiger partial charge in [-0.1, -0.05) is 24.6 Å². The summed E-state index contributed by atoms with van der Waals surface area (Å²) >= 11 is 5.61. The zero-order valence-corrected chi connectivity index (χ0v) is 8.19. The smallest absolute Gasteiger partial charge is 0.288 e. The van der Waals surface area contributed by atoms with Gasteiger partial charge in [-0.25, -0.2) is 0 Å². The molecular formula is C9H8ClNO3. The molecule has 0 amide bonds. The predicted octanol–water partition coefficient (Wildman–Crippen LogP) is 2.55. The molecule has 74 valence electrons. The first kappa shape index (κ1) is 10.7.